The lowest BCUT2D eigenvalue weighted by Crippen LogP contribution is -2.41. The molecule has 1 aromatic heterocycles. The van der Waals surface area contributed by atoms with Gasteiger partial charge in [0, 0.05) is 43.8 Å². The summed E-state index contributed by atoms with van der Waals surface area (Å²) in [5.41, 5.74) is 3.08. The van der Waals surface area contributed by atoms with E-state index in [-0.39, 0.29) is 17.2 Å². The Balaban J connectivity index is 1.36. The minimum atomic E-state index is -0.997. The average Bonchev–Trinajstić information content (AvgIpc) is 2.82. The van der Waals surface area contributed by atoms with Crippen molar-refractivity contribution in [2.24, 2.45) is 0 Å². The maximum atomic E-state index is 12.9. The first-order valence-corrected chi connectivity index (χ1v) is 11.1. The zero-order chi connectivity index (χ0) is 23.2. The summed E-state index contributed by atoms with van der Waals surface area (Å²) in [4.78, 5) is 30.7. The summed E-state index contributed by atoms with van der Waals surface area (Å²) in [5.74, 6) is -0.679. The Morgan fingerprint density at radius 3 is 2.48 bits per heavy atom. The number of carboxylic acid groups (broad SMARTS) is 1. The molecule has 0 atom stereocenters. The summed E-state index contributed by atoms with van der Waals surface area (Å²) in [7, 11) is 0. The van der Waals surface area contributed by atoms with E-state index in [9.17, 15) is 9.59 Å². The molecule has 0 unspecified atom stereocenters. The molecule has 0 radical (unpaired) electrons. The molecule has 1 aliphatic heterocycles. The van der Waals surface area contributed by atoms with E-state index in [0.717, 1.165) is 32.5 Å². The number of carboxylic acids is 1. The van der Waals surface area contributed by atoms with Crippen LogP contribution in [0.4, 0.5) is 5.82 Å². The first kappa shape index (κ1) is 22.5. The van der Waals surface area contributed by atoms with Crippen LogP contribution in [0.3, 0.4) is 0 Å². The van der Waals surface area contributed by atoms with E-state index >= 15 is 0 Å². The molecule has 1 aliphatic rings. The maximum Gasteiger partial charge on any atom is 0.335 e. The number of hydrogen-bond acceptors (Lipinski definition) is 5. The van der Waals surface area contributed by atoms with Crippen molar-refractivity contribution in [1.82, 2.24) is 14.5 Å². The molecule has 2 N–H and O–H groups in total. The van der Waals surface area contributed by atoms with Crippen molar-refractivity contribution in [3.8, 4) is 5.69 Å². The molecule has 4 rings (SSSR count). The predicted octanol–water partition coefficient (Wildman–Crippen LogP) is 3.91. The highest BCUT2D eigenvalue weighted by atomic mass is 16.4. The second kappa shape index (κ2) is 10.3. The number of piperidine rings is 1. The van der Waals surface area contributed by atoms with Gasteiger partial charge in [-0.3, -0.25) is 14.3 Å². The van der Waals surface area contributed by atoms with E-state index < -0.39 is 5.97 Å². The van der Waals surface area contributed by atoms with E-state index in [1.165, 1.54) is 27.8 Å². The van der Waals surface area contributed by atoms with Gasteiger partial charge in [0.1, 0.15) is 0 Å². The molecular weight excluding hydrogens is 416 g/mol. The number of rotatable bonds is 7. The quantitative estimate of drug-likeness (QED) is 0.575. The number of aromatic nitrogens is 2. The summed E-state index contributed by atoms with van der Waals surface area (Å²) in [6.07, 6.45) is 7.27. The Labute approximate surface area is 193 Å². The van der Waals surface area contributed by atoms with Gasteiger partial charge in [0.05, 0.1) is 5.56 Å². The average molecular weight is 445 g/mol. The fraction of sp³-hybridized carbons (Fsp3) is 0.269. The number of anilines is 1. The van der Waals surface area contributed by atoms with E-state index in [0.29, 0.717) is 11.5 Å². The molecule has 0 aliphatic carbocycles. The van der Waals surface area contributed by atoms with Gasteiger partial charge in [-0.15, -0.1) is 0 Å². The van der Waals surface area contributed by atoms with Crippen LogP contribution < -0.4 is 10.9 Å². The Bertz CT molecular complexity index is 1180. The van der Waals surface area contributed by atoms with Gasteiger partial charge in [0.2, 0.25) is 0 Å². The van der Waals surface area contributed by atoms with Gasteiger partial charge < -0.3 is 10.4 Å². The molecule has 1 saturated heterocycles. The molecule has 7 heteroatoms. The van der Waals surface area contributed by atoms with Crippen LogP contribution in [0.2, 0.25) is 0 Å². The predicted molar refractivity (Wildman–Crippen MR) is 130 cm³/mol. The van der Waals surface area contributed by atoms with Gasteiger partial charge in [-0.1, -0.05) is 42.0 Å². The molecule has 2 heterocycles. The van der Waals surface area contributed by atoms with Gasteiger partial charge in [0.25, 0.3) is 5.56 Å². The zero-order valence-electron chi connectivity index (χ0n) is 18.6. The molecule has 170 valence electrons. The lowest BCUT2D eigenvalue weighted by molar-refractivity contribution is 0.0697. The van der Waals surface area contributed by atoms with Crippen LogP contribution >= 0.6 is 0 Å². The van der Waals surface area contributed by atoms with Gasteiger partial charge in [0.15, 0.2) is 5.82 Å². The molecule has 2 aromatic carbocycles. The normalized spacial score (nSPS) is 15.4. The van der Waals surface area contributed by atoms with Crippen LogP contribution in [0, 0.1) is 0 Å². The molecule has 0 saturated carbocycles. The highest BCUT2D eigenvalue weighted by Gasteiger charge is 2.20. The summed E-state index contributed by atoms with van der Waals surface area (Å²) in [5, 5.41) is 12.4. The number of carbonyl (C=O) groups is 1. The Morgan fingerprint density at radius 2 is 1.82 bits per heavy atom. The Kier molecular flexibility index (Phi) is 7.00. The van der Waals surface area contributed by atoms with Crippen molar-refractivity contribution >= 4 is 17.9 Å². The van der Waals surface area contributed by atoms with E-state index in [2.05, 4.69) is 40.3 Å². The van der Waals surface area contributed by atoms with Crippen molar-refractivity contribution in [1.29, 1.82) is 0 Å². The zero-order valence-corrected chi connectivity index (χ0v) is 18.6. The molecule has 0 bridgehead atoms. The first-order chi connectivity index (χ1) is 16.0. The molecule has 1 fully saturated rings. The van der Waals surface area contributed by atoms with Crippen molar-refractivity contribution in [2.45, 2.75) is 25.8 Å². The monoisotopic (exact) mass is 444 g/mol. The highest BCUT2D eigenvalue weighted by Crippen LogP contribution is 2.16. The molecule has 0 spiro atoms. The fourth-order valence-corrected chi connectivity index (χ4v) is 4.14. The van der Waals surface area contributed by atoms with Crippen LogP contribution in [0.25, 0.3) is 11.8 Å². The molecule has 0 amide bonds. The van der Waals surface area contributed by atoms with Crippen molar-refractivity contribution in [2.75, 3.05) is 25.0 Å². The molecular formula is C26H28N4O3. The van der Waals surface area contributed by atoms with E-state index in [1.54, 1.807) is 24.5 Å². The minimum absolute atomic E-state index is 0.180. The van der Waals surface area contributed by atoms with Crippen LogP contribution in [0.15, 0.2) is 77.4 Å². The molecule has 7 nitrogen and oxygen atoms in total. The van der Waals surface area contributed by atoms with Crippen molar-refractivity contribution < 1.29 is 9.90 Å². The van der Waals surface area contributed by atoms with Gasteiger partial charge in [-0.05, 0) is 49.6 Å². The molecule has 33 heavy (non-hydrogen) atoms. The second-order valence-electron chi connectivity index (χ2n) is 8.40. The summed E-state index contributed by atoms with van der Waals surface area (Å²) in [6.45, 7) is 5.01. The van der Waals surface area contributed by atoms with E-state index in [1.807, 2.05) is 18.2 Å². The molecule has 3 aromatic rings. The topological polar surface area (TPSA) is 87.5 Å². The summed E-state index contributed by atoms with van der Waals surface area (Å²) >= 11 is 0. The number of likely N-dealkylation sites (tertiary alicyclic amines) is 1. The summed E-state index contributed by atoms with van der Waals surface area (Å²) in [6, 6.07) is 16.8. The lowest BCUT2D eigenvalue weighted by atomic mass is 10.0. The highest BCUT2D eigenvalue weighted by molar-refractivity contribution is 5.87. The van der Waals surface area contributed by atoms with Crippen LogP contribution in [0.1, 0.15) is 35.7 Å². The third kappa shape index (κ3) is 5.75. The lowest BCUT2D eigenvalue weighted by Gasteiger charge is -2.32. The number of benzene rings is 2. The van der Waals surface area contributed by atoms with Crippen molar-refractivity contribution in [3.63, 3.8) is 0 Å². The second-order valence-corrected chi connectivity index (χ2v) is 8.40. The standard InChI is InChI=1S/C26H28N4O3/c1-19(17-20-5-3-2-4-6-20)18-29-14-11-22(12-15-29)28-24-25(31)30(16-13-27-24)23-9-7-21(8-10-23)26(32)33/h2-10,13,16-17,22H,11-12,14-15,18H2,1H3,(H,27,28)(H,32,33). The largest absolute Gasteiger partial charge is 0.478 e. The number of hydrogen-bond donors (Lipinski definition) is 2. The fourth-order valence-electron chi connectivity index (χ4n) is 4.14. The van der Waals surface area contributed by atoms with E-state index in [4.69, 9.17) is 5.11 Å². The Morgan fingerprint density at radius 1 is 1.12 bits per heavy atom. The number of aromatic carboxylic acids is 1. The SMILES string of the molecule is CC(=Cc1ccccc1)CN1CCC(Nc2nccn(-c3ccc(C(=O)O)cc3)c2=O)CC1. The maximum absolute atomic E-state index is 12.9. The van der Waals surface area contributed by atoms with Gasteiger partial charge in [-0.2, -0.15) is 0 Å². The summed E-state index contributed by atoms with van der Waals surface area (Å²) < 4.78 is 1.48. The van der Waals surface area contributed by atoms with Gasteiger partial charge >= 0.3 is 5.97 Å². The van der Waals surface area contributed by atoms with Crippen LogP contribution in [-0.2, 0) is 0 Å². The first-order valence-electron chi connectivity index (χ1n) is 11.1. The van der Waals surface area contributed by atoms with Crippen molar-refractivity contribution in [3.05, 3.63) is 94.0 Å². The third-order valence-electron chi connectivity index (χ3n) is 5.85. The van der Waals surface area contributed by atoms with Gasteiger partial charge in [-0.25, -0.2) is 9.78 Å². The van der Waals surface area contributed by atoms with Crippen LogP contribution in [-0.4, -0.2) is 51.2 Å². The number of nitrogens with one attached hydrogen (secondary N) is 1. The Hall–Kier alpha value is -3.71. The van der Waals surface area contributed by atoms with Crippen LogP contribution in [0.5, 0.6) is 0 Å². The third-order valence-corrected chi connectivity index (χ3v) is 5.85. The smallest absolute Gasteiger partial charge is 0.335 e. The number of nitrogens with zero attached hydrogens (tertiary/aromatic N) is 3. The minimum Gasteiger partial charge on any atom is -0.478 e.